The molecular weight excluding hydrogens is 202 g/mol. The van der Waals surface area contributed by atoms with Crippen molar-refractivity contribution >= 4 is 5.97 Å². The maximum atomic E-state index is 10.7. The fourth-order valence-corrected chi connectivity index (χ4v) is 2.38. The lowest BCUT2D eigenvalue weighted by Crippen LogP contribution is -2.37. The van der Waals surface area contributed by atoms with Gasteiger partial charge in [0.05, 0.1) is 6.42 Å². The van der Waals surface area contributed by atoms with Crippen LogP contribution >= 0.6 is 0 Å². The molecule has 1 fully saturated rings. The van der Waals surface area contributed by atoms with Crippen molar-refractivity contribution in [2.45, 2.75) is 64.8 Å². The summed E-state index contributed by atoms with van der Waals surface area (Å²) < 4.78 is 0. The zero-order valence-corrected chi connectivity index (χ0v) is 10.6. The molecule has 0 saturated heterocycles. The smallest absolute Gasteiger partial charge is 0.303 e. The van der Waals surface area contributed by atoms with Crippen molar-refractivity contribution in [3.8, 4) is 0 Å². The van der Waals surface area contributed by atoms with Gasteiger partial charge in [0.25, 0.3) is 0 Å². The summed E-state index contributed by atoms with van der Waals surface area (Å²) in [6, 6.07) is 0.607. The predicted octanol–water partition coefficient (Wildman–Crippen LogP) is 2.80. The number of carboxylic acid groups (broad SMARTS) is 1. The van der Waals surface area contributed by atoms with Gasteiger partial charge in [-0.05, 0) is 18.3 Å². The third kappa shape index (κ3) is 5.50. The highest BCUT2D eigenvalue weighted by Gasteiger charge is 2.23. The van der Waals surface area contributed by atoms with Crippen LogP contribution in [-0.2, 0) is 4.79 Å². The van der Waals surface area contributed by atoms with E-state index in [2.05, 4.69) is 5.32 Å². The molecule has 94 valence electrons. The molecule has 0 atom stereocenters. The van der Waals surface area contributed by atoms with E-state index in [4.69, 9.17) is 5.11 Å². The van der Waals surface area contributed by atoms with Gasteiger partial charge in [-0.1, -0.05) is 39.5 Å². The zero-order chi connectivity index (χ0) is 12.0. The lowest BCUT2D eigenvalue weighted by molar-refractivity contribution is -0.139. The third-order valence-electron chi connectivity index (χ3n) is 3.35. The second-order valence-electron chi connectivity index (χ2n) is 5.80. The van der Waals surface area contributed by atoms with Gasteiger partial charge in [-0.2, -0.15) is 0 Å². The molecule has 0 aromatic rings. The molecule has 0 aromatic carbocycles. The Morgan fingerprint density at radius 2 is 1.81 bits per heavy atom. The highest BCUT2D eigenvalue weighted by atomic mass is 16.4. The summed E-state index contributed by atoms with van der Waals surface area (Å²) in [4.78, 5) is 10.7. The summed E-state index contributed by atoms with van der Waals surface area (Å²) in [5.74, 6) is -0.701. The molecule has 0 radical (unpaired) electrons. The van der Waals surface area contributed by atoms with Crippen LogP contribution in [0.2, 0.25) is 0 Å². The van der Waals surface area contributed by atoms with Crippen LogP contribution in [0, 0.1) is 5.41 Å². The second-order valence-corrected chi connectivity index (χ2v) is 5.80. The number of carbonyl (C=O) groups is 1. The first-order valence-corrected chi connectivity index (χ1v) is 6.45. The predicted molar refractivity (Wildman–Crippen MR) is 65.5 cm³/mol. The van der Waals surface area contributed by atoms with Crippen molar-refractivity contribution in [1.29, 1.82) is 0 Å². The highest BCUT2D eigenvalue weighted by molar-refractivity contribution is 5.67. The maximum absolute atomic E-state index is 10.7. The van der Waals surface area contributed by atoms with E-state index >= 15 is 0 Å². The highest BCUT2D eigenvalue weighted by Crippen LogP contribution is 2.21. The zero-order valence-electron chi connectivity index (χ0n) is 10.6. The van der Waals surface area contributed by atoms with Gasteiger partial charge in [0.1, 0.15) is 0 Å². The first-order valence-electron chi connectivity index (χ1n) is 6.45. The van der Waals surface area contributed by atoms with Crippen molar-refractivity contribution in [1.82, 2.24) is 5.32 Å². The van der Waals surface area contributed by atoms with Gasteiger partial charge in [0, 0.05) is 12.6 Å². The van der Waals surface area contributed by atoms with E-state index in [-0.39, 0.29) is 11.8 Å². The molecule has 0 bridgehead atoms. The molecule has 1 rings (SSSR count). The van der Waals surface area contributed by atoms with Crippen LogP contribution in [0.3, 0.4) is 0 Å². The molecule has 1 aliphatic rings. The maximum Gasteiger partial charge on any atom is 0.303 e. The largest absolute Gasteiger partial charge is 0.481 e. The summed E-state index contributed by atoms with van der Waals surface area (Å²) in [6.45, 7) is 4.85. The second kappa shape index (κ2) is 6.24. The normalized spacial score (nSPS) is 19.4. The quantitative estimate of drug-likeness (QED) is 0.710. The number of hydrogen-bond donors (Lipinski definition) is 2. The molecule has 3 nitrogen and oxygen atoms in total. The molecular formula is C13H25NO2. The molecule has 1 saturated carbocycles. The number of hydrogen-bond acceptors (Lipinski definition) is 2. The Kier molecular flexibility index (Phi) is 5.26. The van der Waals surface area contributed by atoms with E-state index in [1.807, 2.05) is 13.8 Å². The van der Waals surface area contributed by atoms with E-state index in [0.29, 0.717) is 6.04 Å². The molecule has 2 N–H and O–H groups in total. The Hall–Kier alpha value is -0.570. The molecule has 0 aliphatic heterocycles. The van der Waals surface area contributed by atoms with E-state index in [1.54, 1.807) is 0 Å². The Morgan fingerprint density at radius 3 is 2.31 bits per heavy atom. The minimum absolute atomic E-state index is 0.141. The standard InChI is InChI=1S/C13H25NO2/c1-13(2,9-12(15)16)10-14-11-7-5-3-4-6-8-11/h11,14H,3-10H2,1-2H3,(H,15,16). The van der Waals surface area contributed by atoms with E-state index in [0.717, 1.165) is 6.54 Å². The number of carboxylic acids is 1. The van der Waals surface area contributed by atoms with E-state index in [1.165, 1.54) is 38.5 Å². The Balaban J connectivity index is 2.28. The lowest BCUT2D eigenvalue weighted by Gasteiger charge is -2.26. The topological polar surface area (TPSA) is 49.3 Å². The fraction of sp³-hybridized carbons (Fsp3) is 0.923. The van der Waals surface area contributed by atoms with E-state index in [9.17, 15) is 4.79 Å². The van der Waals surface area contributed by atoms with Gasteiger partial charge in [0.2, 0.25) is 0 Å². The molecule has 3 heteroatoms. The molecule has 16 heavy (non-hydrogen) atoms. The van der Waals surface area contributed by atoms with Gasteiger partial charge in [-0.15, -0.1) is 0 Å². The summed E-state index contributed by atoms with van der Waals surface area (Å²) in [7, 11) is 0. The Labute approximate surface area is 98.6 Å². The SMILES string of the molecule is CC(C)(CNC1CCCCCC1)CC(=O)O. The van der Waals surface area contributed by atoms with Crippen LogP contribution in [0.15, 0.2) is 0 Å². The van der Waals surface area contributed by atoms with E-state index < -0.39 is 5.97 Å². The summed E-state index contributed by atoms with van der Waals surface area (Å²) in [5.41, 5.74) is -0.141. The van der Waals surface area contributed by atoms with Crippen molar-refractivity contribution in [2.24, 2.45) is 5.41 Å². The Morgan fingerprint density at radius 1 is 1.25 bits per heavy atom. The summed E-state index contributed by atoms with van der Waals surface area (Å²) >= 11 is 0. The average Bonchev–Trinajstić information content (AvgIpc) is 2.40. The average molecular weight is 227 g/mol. The van der Waals surface area contributed by atoms with Gasteiger partial charge in [-0.25, -0.2) is 0 Å². The van der Waals surface area contributed by atoms with Crippen LogP contribution in [0.1, 0.15) is 58.8 Å². The number of aliphatic carboxylic acids is 1. The molecule has 0 aromatic heterocycles. The van der Waals surface area contributed by atoms with Gasteiger partial charge in [-0.3, -0.25) is 4.79 Å². The third-order valence-corrected chi connectivity index (χ3v) is 3.35. The van der Waals surface area contributed by atoms with Crippen molar-refractivity contribution in [3.63, 3.8) is 0 Å². The summed E-state index contributed by atoms with van der Waals surface area (Å²) in [6.07, 6.45) is 8.10. The molecule has 0 amide bonds. The van der Waals surface area contributed by atoms with Crippen molar-refractivity contribution in [3.05, 3.63) is 0 Å². The molecule has 1 aliphatic carbocycles. The monoisotopic (exact) mass is 227 g/mol. The van der Waals surface area contributed by atoms with Crippen molar-refractivity contribution < 1.29 is 9.90 Å². The van der Waals surface area contributed by atoms with Crippen LogP contribution in [0.5, 0.6) is 0 Å². The lowest BCUT2D eigenvalue weighted by atomic mass is 9.89. The Bertz CT molecular complexity index is 218. The van der Waals surface area contributed by atoms with Gasteiger partial charge in [0.15, 0.2) is 0 Å². The summed E-state index contributed by atoms with van der Waals surface area (Å²) in [5, 5.41) is 12.3. The van der Waals surface area contributed by atoms with Crippen LogP contribution in [0.4, 0.5) is 0 Å². The number of nitrogens with one attached hydrogen (secondary N) is 1. The number of rotatable bonds is 5. The molecule has 0 heterocycles. The minimum atomic E-state index is -0.701. The molecule has 0 spiro atoms. The van der Waals surface area contributed by atoms with Crippen molar-refractivity contribution in [2.75, 3.05) is 6.54 Å². The van der Waals surface area contributed by atoms with Gasteiger partial charge < -0.3 is 10.4 Å². The van der Waals surface area contributed by atoms with Crippen LogP contribution < -0.4 is 5.32 Å². The first-order chi connectivity index (χ1) is 7.49. The minimum Gasteiger partial charge on any atom is -0.481 e. The first kappa shape index (κ1) is 13.5. The molecule has 0 unspecified atom stereocenters. The van der Waals surface area contributed by atoms with Crippen LogP contribution in [0.25, 0.3) is 0 Å². The fourth-order valence-electron chi connectivity index (χ4n) is 2.38. The van der Waals surface area contributed by atoms with Crippen LogP contribution in [-0.4, -0.2) is 23.7 Å². The van der Waals surface area contributed by atoms with Gasteiger partial charge >= 0.3 is 5.97 Å².